The Labute approximate surface area is 118 Å². The summed E-state index contributed by atoms with van der Waals surface area (Å²) in [6, 6.07) is 7.14. The summed E-state index contributed by atoms with van der Waals surface area (Å²) >= 11 is 5.93. The lowest BCUT2D eigenvalue weighted by Gasteiger charge is -2.21. The minimum atomic E-state index is -0.306. The first-order chi connectivity index (χ1) is 8.94. The second-order valence-corrected chi connectivity index (χ2v) is 5.54. The molecule has 0 heterocycles. The number of hydrogen-bond acceptors (Lipinski definition) is 3. The van der Waals surface area contributed by atoms with E-state index in [-0.39, 0.29) is 31.0 Å². The van der Waals surface area contributed by atoms with Crippen LogP contribution in [0, 0.1) is 5.41 Å². The zero-order chi connectivity index (χ0) is 14.3. The molecule has 5 heteroatoms. The Balaban J connectivity index is 2.26. The number of rotatable bonds is 7. The number of halogens is 1. The molecule has 0 aromatic heterocycles. The number of aliphatic hydroxyl groups excluding tert-OH is 1. The maximum absolute atomic E-state index is 11.6. The summed E-state index contributed by atoms with van der Waals surface area (Å²) in [6.07, 6.45) is 0.257. The van der Waals surface area contributed by atoms with Gasteiger partial charge in [-0.05, 0) is 12.1 Å². The first-order valence-corrected chi connectivity index (χ1v) is 6.57. The number of hydrogen-bond donors (Lipinski definition) is 2. The van der Waals surface area contributed by atoms with Crippen molar-refractivity contribution in [2.75, 3.05) is 19.8 Å². The Morgan fingerprint density at radius 1 is 1.42 bits per heavy atom. The lowest BCUT2D eigenvalue weighted by Crippen LogP contribution is -2.36. The molecular formula is C14H20ClNO3. The molecule has 0 radical (unpaired) electrons. The number of amides is 1. The number of nitrogens with one attached hydrogen (secondary N) is 1. The zero-order valence-electron chi connectivity index (χ0n) is 11.3. The van der Waals surface area contributed by atoms with E-state index in [0.717, 1.165) is 0 Å². The molecule has 106 valence electrons. The normalized spacial score (nSPS) is 11.2. The molecule has 0 aliphatic rings. The maximum atomic E-state index is 11.6. The van der Waals surface area contributed by atoms with Gasteiger partial charge in [0, 0.05) is 18.6 Å². The Morgan fingerprint density at radius 2 is 2.11 bits per heavy atom. The van der Waals surface area contributed by atoms with E-state index in [2.05, 4.69) is 5.32 Å². The van der Waals surface area contributed by atoms with Gasteiger partial charge in [-0.2, -0.15) is 0 Å². The lowest BCUT2D eigenvalue weighted by molar-refractivity contribution is -0.122. The predicted octanol–water partition coefficient (Wildman–Crippen LogP) is 2.24. The number of carbonyl (C=O) groups excluding carboxylic acids is 1. The van der Waals surface area contributed by atoms with E-state index in [0.29, 0.717) is 17.3 Å². The molecule has 0 bridgehead atoms. The van der Waals surface area contributed by atoms with Gasteiger partial charge in [0.05, 0.1) is 18.1 Å². The fourth-order valence-corrected chi connectivity index (χ4v) is 1.49. The molecule has 0 saturated heterocycles. The molecule has 0 aliphatic carbocycles. The minimum Gasteiger partial charge on any atom is -0.491 e. The van der Waals surface area contributed by atoms with Gasteiger partial charge in [-0.1, -0.05) is 37.6 Å². The van der Waals surface area contributed by atoms with Crippen LogP contribution in [0.5, 0.6) is 5.75 Å². The van der Waals surface area contributed by atoms with Crippen molar-refractivity contribution in [3.05, 3.63) is 29.3 Å². The third-order valence-electron chi connectivity index (χ3n) is 2.62. The molecule has 1 aromatic rings. The molecule has 0 fully saturated rings. The van der Waals surface area contributed by atoms with E-state index >= 15 is 0 Å². The van der Waals surface area contributed by atoms with Crippen molar-refractivity contribution in [2.24, 2.45) is 5.41 Å². The summed E-state index contributed by atoms with van der Waals surface area (Å²) in [5.41, 5.74) is -0.306. The molecule has 0 saturated carbocycles. The van der Waals surface area contributed by atoms with Gasteiger partial charge in [0.1, 0.15) is 5.75 Å². The quantitative estimate of drug-likeness (QED) is 0.808. The maximum Gasteiger partial charge on any atom is 0.223 e. The summed E-state index contributed by atoms with van der Waals surface area (Å²) < 4.78 is 5.42. The Bertz CT molecular complexity index is 421. The predicted molar refractivity (Wildman–Crippen MR) is 75.4 cm³/mol. The summed E-state index contributed by atoms with van der Waals surface area (Å²) in [5.74, 6) is 0.473. The number of benzene rings is 1. The first kappa shape index (κ1) is 15.8. The van der Waals surface area contributed by atoms with Crippen LogP contribution >= 0.6 is 11.6 Å². The average molecular weight is 286 g/mol. The van der Waals surface area contributed by atoms with Gasteiger partial charge >= 0.3 is 0 Å². The SMILES string of the molecule is CC(C)(CO)CNC(=O)CCOc1ccccc1Cl. The first-order valence-electron chi connectivity index (χ1n) is 6.19. The molecule has 2 N–H and O–H groups in total. The van der Waals surface area contributed by atoms with Crippen LogP contribution in [0.3, 0.4) is 0 Å². The number of carbonyl (C=O) groups is 1. The molecule has 1 aromatic carbocycles. The Morgan fingerprint density at radius 3 is 2.74 bits per heavy atom. The van der Waals surface area contributed by atoms with Crippen molar-refractivity contribution in [3.8, 4) is 5.75 Å². The molecule has 19 heavy (non-hydrogen) atoms. The van der Waals surface area contributed by atoms with Crippen LogP contribution in [0.4, 0.5) is 0 Å². The molecular weight excluding hydrogens is 266 g/mol. The highest BCUT2D eigenvalue weighted by Crippen LogP contribution is 2.23. The van der Waals surface area contributed by atoms with E-state index in [1.165, 1.54) is 0 Å². The van der Waals surface area contributed by atoms with Gasteiger partial charge in [-0.25, -0.2) is 0 Å². The summed E-state index contributed by atoms with van der Waals surface area (Å²) in [6.45, 7) is 4.51. The standard InChI is InChI=1S/C14H20ClNO3/c1-14(2,10-17)9-16-13(18)7-8-19-12-6-4-3-5-11(12)15/h3-6,17H,7-10H2,1-2H3,(H,16,18). The summed E-state index contributed by atoms with van der Waals surface area (Å²) in [7, 11) is 0. The van der Waals surface area contributed by atoms with E-state index < -0.39 is 0 Å². The van der Waals surface area contributed by atoms with E-state index in [9.17, 15) is 4.79 Å². The lowest BCUT2D eigenvalue weighted by atomic mass is 9.95. The van der Waals surface area contributed by atoms with Crippen molar-refractivity contribution in [1.82, 2.24) is 5.32 Å². The molecule has 0 unspecified atom stereocenters. The Hall–Kier alpha value is -1.26. The molecule has 0 spiro atoms. The van der Waals surface area contributed by atoms with Gasteiger partial charge < -0.3 is 15.2 Å². The van der Waals surface area contributed by atoms with Crippen molar-refractivity contribution in [3.63, 3.8) is 0 Å². The van der Waals surface area contributed by atoms with Crippen molar-refractivity contribution >= 4 is 17.5 Å². The number of para-hydroxylation sites is 1. The fourth-order valence-electron chi connectivity index (χ4n) is 1.30. The van der Waals surface area contributed by atoms with Crippen LogP contribution in [0.1, 0.15) is 20.3 Å². The van der Waals surface area contributed by atoms with Gasteiger partial charge in [0.15, 0.2) is 0 Å². The topological polar surface area (TPSA) is 58.6 Å². The van der Waals surface area contributed by atoms with Crippen LogP contribution in [-0.2, 0) is 4.79 Å². The number of aliphatic hydroxyl groups is 1. The van der Waals surface area contributed by atoms with Crippen molar-refractivity contribution in [1.29, 1.82) is 0 Å². The summed E-state index contributed by atoms with van der Waals surface area (Å²) in [4.78, 5) is 11.6. The molecule has 4 nitrogen and oxygen atoms in total. The van der Waals surface area contributed by atoms with Crippen LogP contribution in [0.15, 0.2) is 24.3 Å². The van der Waals surface area contributed by atoms with Crippen LogP contribution < -0.4 is 10.1 Å². The minimum absolute atomic E-state index is 0.0312. The van der Waals surface area contributed by atoms with Crippen LogP contribution in [0.25, 0.3) is 0 Å². The van der Waals surface area contributed by atoms with Crippen LogP contribution in [0.2, 0.25) is 5.02 Å². The highest BCUT2D eigenvalue weighted by Gasteiger charge is 2.17. The monoisotopic (exact) mass is 285 g/mol. The van der Waals surface area contributed by atoms with Crippen LogP contribution in [-0.4, -0.2) is 30.8 Å². The van der Waals surface area contributed by atoms with Gasteiger partial charge in [-0.3, -0.25) is 4.79 Å². The van der Waals surface area contributed by atoms with Gasteiger partial charge in [-0.15, -0.1) is 0 Å². The third-order valence-corrected chi connectivity index (χ3v) is 2.93. The summed E-state index contributed by atoms with van der Waals surface area (Å²) in [5, 5.41) is 12.4. The van der Waals surface area contributed by atoms with Crippen molar-refractivity contribution < 1.29 is 14.6 Å². The molecule has 0 atom stereocenters. The zero-order valence-corrected chi connectivity index (χ0v) is 12.0. The third kappa shape index (κ3) is 5.94. The molecule has 0 aliphatic heterocycles. The second-order valence-electron chi connectivity index (χ2n) is 5.13. The smallest absolute Gasteiger partial charge is 0.223 e. The van der Waals surface area contributed by atoms with E-state index in [1.807, 2.05) is 26.0 Å². The van der Waals surface area contributed by atoms with Crippen molar-refractivity contribution in [2.45, 2.75) is 20.3 Å². The number of ether oxygens (including phenoxy) is 1. The molecule has 1 amide bonds. The van der Waals surface area contributed by atoms with Gasteiger partial charge in [0.2, 0.25) is 5.91 Å². The van der Waals surface area contributed by atoms with Gasteiger partial charge in [0.25, 0.3) is 0 Å². The fraction of sp³-hybridized carbons (Fsp3) is 0.500. The second kappa shape index (κ2) is 7.36. The highest BCUT2D eigenvalue weighted by atomic mass is 35.5. The largest absolute Gasteiger partial charge is 0.491 e. The molecule has 1 rings (SSSR count). The van der Waals surface area contributed by atoms with E-state index in [4.69, 9.17) is 21.4 Å². The average Bonchev–Trinajstić information content (AvgIpc) is 2.39. The highest BCUT2D eigenvalue weighted by molar-refractivity contribution is 6.32. The van der Waals surface area contributed by atoms with E-state index in [1.54, 1.807) is 12.1 Å². The Kier molecular flexibility index (Phi) is 6.12.